The molecule has 18 atom stereocenters. The number of amides is 7. The predicted octanol–water partition coefficient (Wildman–Crippen LogP) is 2.50. The van der Waals surface area contributed by atoms with Crippen molar-refractivity contribution in [2.24, 2.45) is 94.7 Å². The van der Waals surface area contributed by atoms with Crippen molar-refractivity contribution in [3.63, 3.8) is 0 Å². The van der Waals surface area contributed by atoms with Crippen molar-refractivity contribution in [3.05, 3.63) is 88.8 Å². The average molecular weight is 1710 g/mol. The number of aliphatic imine (C=N–C) groups is 3. The first-order valence-electron chi connectivity index (χ1n) is 37.7. The van der Waals surface area contributed by atoms with Crippen LogP contribution in [0, 0.1) is 66.1 Å². The number of allylic oxidation sites excluding steroid dienone is 6. The Labute approximate surface area is 682 Å². The summed E-state index contributed by atoms with van der Waals surface area (Å²) in [5, 5.41) is 58.6. The Morgan fingerprint density at radius 3 is 1.85 bits per heavy atom. The number of carbonyl (C=O) groups excluding carboxylic acids is 8. The van der Waals surface area contributed by atoms with Crippen LogP contribution in [0.15, 0.2) is 80.4 Å². The number of imidazole rings is 2. The van der Waals surface area contributed by atoms with Crippen molar-refractivity contribution >= 4 is 100 Å². The number of aromatic nitrogens is 6. The molecular formula is C75H103CoF3N18O19P. The smallest absolute Gasteiger partial charge is 0.682 e. The molecule has 7 amide bonds. The molecule has 0 radical (unpaired) electrons. The molecule has 3 fully saturated rings. The fourth-order valence-corrected chi connectivity index (χ4v) is 18.5. The third-order valence-electron chi connectivity index (χ3n) is 24.1. The summed E-state index contributed by atoms with van der Waals surface area (Å²) in [7, 11) is -5.01. The summed E-state index contributed by atoms with van der Waals surface area (Å²) in [4.78, 5) is 145. The van der Waals surface area contributed by atoms with Crippen molar-refractivity contribution in [2.75, 3.05) is 25.5 Å². The monoisotopic (exact) mass is 1710 g/mol. The number of aryl methyl sites for hydroxylation is 2. The fourth-order valence-electron chi connectivity index (χ4n) is 17.6. The molecule has 117 heavy (non-hydrogen) atoms. The maximum Gasteiger partial charge on any atom is 3.00 e. The van der Waals surface area contributed by atoms with Gasteiger partial charge in [-0.3, -0.25) is 62.2 Å². The van der Waals surface area contributed by atoms with E-state index in [1.54, 1.807) is 4.57 Å². The number of aliphatic hydroxyl groups is 4. The minimum Gasteiger partial charge on any atom is -0.682 e. The predicted molar refractivity (Wildman–Crippen MR) is 411 cm³/mol. The number of phosphoric ester groups is 1. The topological polar surface area (TPSA) is 622 Å². The molecule has 10 heterocycles. The zero-order valence-corrected chi connectivity index (χ0v) is 68.3. The number of nitrogens with one attached hydrogen (secondary N) is 1. The summed E-state index contributed by atoms with van der Waals surface area (Å²) in [5.74, 6) is -9.34. The van der Waals surface area contributed by atoms with Gasteiger partial charge in [0.1, 0.15) is 42.2 Å². The summed E-state index contributed by atoms with van der Waals surface area (Å²) in [6, 6.07) is 2.85. The van der Waals surface area contributed by atoms with E-state index in [0.29, 0.717) is 67.6 Å². The van der Waals surface area contributed by atoms with Crippen molar-refractivity contribution in [2.45, 2.75) is 220 Å². The van der Waals surface area contributed by atoms with E-state index in [4.69, 9.17) is 88.9 Å². The number of alkyl halides is 3. The van der Waals surface area contributed by atoms with Crippen LogP contribution in [0.5, 0.6) is 0 Å². The number of primary amides is 6. The van der Waals surface area contributed by atoms with Crippen molar-refractivity contribution in [3.8, 4) is 0 Å². The van der Waals surface area contributed by atoms with Gasteiger partial charge < -0.3 is 107 Å². The number of hydrogen-bond acceptors (Lipinski definition) is 26. The number of anilines is 1. The number of rotatable bonds is 29. The Morgan fingerprint density at radius 1 is 0.709 bits per heavy atom. The molecule has 0 aliphatic carbocycles. The van der Waals surface area contributed by atoms with Crippen molar-refractivity contribution in [1.29, 1.82) is 0 Å². The number of carbonyl (C=O) groups is 8. The van der Waals surface area contributed by atoms with Gasteiger partial charge in [0.2, 0.25) is 41.4 Å². The molecule has 42 heteroatoms. The first kappa shape index (κ1) is 93.5. The molecule has 7 aliphatic heterocycles. The van der Waals surface area contributed by atoms with Gasteiger partial charge in [-0.15, -0.1) is 0 Å². The Hall–Kier alpha value is -9.00. The zero-order chi connectivity index (χ0) is 86.2. The Kier molecular flexibility index (Phi) is 29.0. The van der Waals surface area contributed by atoms with E-state index in [1.807, 2.05) is 87.4 Å². The minimum atomic E-state index is -5.19. The van der Waals surface area contributed by atoms with E-state index in [2.05, 4.69) is 32.2 Å². The summed E-state index contributed by atoms with van der Waals surface area (Å²) < 4.78 is 70.3. The van der Waals surface area contributed by atoms with Crippen LogP contribution in [0.4, 0.5) is 19.0 Å². The van der Waals surface area contributed by atoms with Gasteiger partial charge in [-0.25, -0.2) is 24.5 Å². The van der Waals surface area contributed by atoms with Crippen LogP contribution in [-0.4, -0.2) is 193 Å². The van der Waals surface area contributed by atoms with E-state index < -0.39 is 181 Å². The number of ether oxygens (including phenoxy) is 2. The van der Waals surface area contributed by atoms with Crippen LogP contribution < -0.4 is 50.6 Å². The molecule has 11 rings (SSSR count). The van der Waals surface area contributed by atoms with Crippen LogP contribution in [0.1, 0.15) is 162 Å². The zero-order valence-electron chi connectivity index (χ0n) is 66.4. The molecule has 1 aromatic carbocycles. The molecule has 4 aromatic rings. The number of carboxylic acids is 1. The molecule has 7 aliphatic rings. The molecule has 3 aromatic heterocycles. The second-order valence-electron chi connectivity index (χ2n) is 32.0. The number of aliphatic hydroxyl groups excluding tert-OH is 4. The summed E-state index contributed by atoms with van der Waals surface area (Å²) in [6.07, 6.45) is -8.29. The van der Waals surface area contributed by atoms with Crippen LogP contribution in [0.2, 0.25) is 0 Å². The van der Waals surface area contributed by atoms with Gasteiger partial charge in [-0.1, -0.05) is 40.7 Å². The molecular weight excluding hydrogens is 1600 g/mol. The SMILES string of the molecule is C/C1=C2/[N-][C@H]([C@H](CCC(N)=O)[C@@]2(C)CCC(=O)NCCOP(=O)(O)O[C@H]2[C@@H](O)[C@H](n3cnc4cc(C)c(C)cc43)O[C@@H]2CO)[C@]2(C)N=C(/C(C)=C3N=C(/C=C4N=C1[C@@H](CCC(N)=O)C\4(C)C)[C@@H](CCC(N)=O)[C@]\3(C)CC(N)=O)[C@@H](CCC(N)=O)[C@]2(C)CCC(N)=O.O=C([O-])C(F)(F)F.[CH2-][C@H]1O[C@@H](n2cnc3c(N)ncnc32)[C@H](O)[C@@H]1O.[Co+3]. The number of nitrogens with zero attached hydrogens (tertiary/aromatic N) is 10. The van der Waals surface area contributed by atoms with E-state index >= 15 is 0 Å². The quantitative estimate of drug-likeness (QED) is 0.0211. The molecule has 0 spiro atoms. The number of aliphatic carboxylic acids is 1. The molecule has 8 bridgehead atoms. The van der Waals surface area contributed by atoms with Crippen LogP contribution in [-0.2, 0) is 78.2 Å². The standard InChI is InChI=1S/C63H92N13O14P.C10H12N5O3.C2HF3O2.Co/c1-31-25-40-41(26-32(31)2)76(30-71-40)58-53(85)54(42(29-77)89-58)90-91(86,87)88-24-23-70-50(84)20-21-60(7)38(14-18-47(67)81)57-63(10)62(9,22-19-48(68)82)37(13-17-46(66)80)52(75-63)34(4)56-61(8,28-49(69)83)35(11-15-44(64)78)39(72-56)27-43-59(5,6)36(12-16-45(65)79)51(73-43)33(3)55(60)74-57;1-4-6(16)7(17)10(18-4)15-3-14-5-8(11)12-2-13-9(5)15;3-2(4,5)1(6)7;/h25-27,30,35-38,42,53-54,57-58,77,85H,11-24,28-29H2,1-10H3,(H15,64,65,66,67,68,69,70,72,73,74,75,78,79,80,81,82,83,84,86,87);2-4,6-7,10,16-17H,1H2,(H2,11,12,13);(H,6,7);/q;-1;;+3/p-2/t35-,36-,37-,38+,42-,53-,54-,57-,58-,60-,61+,62+,63+;4-,6-,7-,10-;;/m11../s1. The maximum atomic E-state index is 14.3. The molecule has 20 N–H and O–H groups in total. The molecule has 37 nitrogen and oxygen atoms in total. The number of nitrogen functional groups attached to an aromatic ring is 1. The number of phosphoric acid groups is 1. The summed E-state index contributed by atoms with van der Waals surface area (Å²) in [6.45, 7) is 21.3. The second-order valence-corrected chi connectivity index (χ2v) is 33.5. The fraction of sp³-hybridized carbons (Fsp3) is 0.600. The largest absolute Gasteiger partial charge is 3.00 e. The Morgan fingerprint density at radius 2 is 1.28 bits per heavy atom. The minimum absolute atomic E-state index is 0. The van der Waals surface area contributed by atoms with Gasteiger partial charge >= 0.3 is 30.8 Å². The van der Waals surface area contributed by atoms with Gasteiger partial charge in [0, 0.05) is 108 Å². The first-order chi connectivity index (χ1) is 54.0. The first-order valence-corrected chi connectivity index (χ1v) is 39.2. The molecule has 1 unspecified atom stereocenters. The number of carboxylic acid groups (broad SMARTS) is 1. The van der Waals surface area contributed by atoms with Crippen molar-refractivity contribution in [1.82, 2.24) is 34.4 Å². The summed E-state index contributed by atoms with van der Waals surface area (Å²) in [5.41, 5.74) is 44.0. The Bertz CT molecular complexity index is 4760. The van der Waals surface area contributed by atoms with E-state index in [-0.39, 0.29) is 113 Å². The Balaban J connectivity index is 0.000000555. The van der Waals surface area contributed by atoms with Crippen LogP contribution in [0.25, 0.3) is 27.5 Å². The van der Waals surface area contributed by atoms with E-state index in [0.717, 1.165) is 11.1 Å². The van der Waals surface area contributed by atoms with E-state index in [9.17, 15) is 76.6 Å². The number of hydrogen-bond donors (Lipinski definition) is 13. The van der Waals surface area contributed by atoms with Gasteiger partial charge in [0.25, 0.3) is 0 Å². The van der Waals surface area contributed by atoms with Gasteiger partial charge in [-0.2, -0.15) is 18.9 Å². The van der Waals surface area contributed by atoms with Crippen molar-refractivity contribution < 1.29 is 122 Å². The maximum absolute atomic E-state index is 14.3. The number of fused-ring (bicyclic) bond motifs is 8. The number of benzene rings is 1. The molecule has 642 valence electrons. The van der Waals surface area contributed by atoms with Crippen LogP contribution >= 0.6 is 7.82 Å². The van der Waals surface area contributed by atoms with Gasteiger partial charge in [0.05, 0.1) is 54.2 Å². The normalized spacial score (nSPS) is 31.8. The average Bonchev–Trinajstić information content (AvgIpc) is 1.53. The third-order valence-corrected chi connectivity index (χ3v) is 25.1. The van der Waals surface area contributed by atoms with Gasteiger partial charge in [-0.05, 0) is 131 Å². The molecule has 0 saturated carbocycles. The second kappa shape index (κ2) is 36.3. The molecule has 3 saturated heterocycles. The van der Waals surface area contributed by atoms with Crippen LogP contribution in [0.3, 0.4) is 0 Å². The summed E-state index contributed by atoms with van der Waals surface area (Å²) >= 11 is 0. The van der Waals surface area contributed by atoms with E-state index in [1.165, 1.54) is 23.5 Å². The third kappa shape index (κ3) is 19.3. The number of nitrogens with two attached hydrogens (primary N) is 7. The van der Waals surface area contributed by atoms with Gasteiger partial charge in [0.15, 0.2) is 23.9 Å². The number of halogens is 3.